The Balaban J connectivity index is 1.37. The molecule has 0 bridgehead atoms. The molecule has 2 amide bonds. The summed E-state index contributed by atoms with van der Waals surface area (Å²) in [5.74, 6) is 0. The summed E-state index contributed by atoms with van der Waals surface area (Å²) in [5.41, 5.74) is 1.61. The topological polar surface area (TPSA) is 80.2 Å². The average molecular weight is 467 g/mol. The molecular formula is C25H30N4O5. The number of carbonyl (C=O) groups is 1. The van der Waals surface area contributed by atoms with Crippen molar-refractivity contribution in [3.05, 3.63) is 60.7 Å². The predicted octanol–water partition coefficient (Wildman–Crippen LogP) is 2.15. The predicted molar refractivity (Wildman–Crippen MR) is 125 cm³/mol. The van der Waals surface area contributed by atoms with E-state index in [4.69, 9.17) is 18.9 Å². The molecule has 9 heteroatoms. The van der Waals surface area contributed by atoms with Gasteiger partial charge in [-0.2, -0.15) is 0 Å². The Morgan fingerprint density at radius 2 is 0.882 bits per heavy atom. The van der Waals surface area contributed by atoms with Gasteiger partial charge in [0.05, 0.1) is 62.2 Å². The first-order valence-electron chi connectivity index (χ1n) is 11.9. The van der Waals surface area contributed by atoms with Crippen molar-refractivity contribution in [3.63, 3.8) is 0 Å². The van der Waals surface area contributed by atoms with Gasteiger partial charge in [0.2, 0.25) is 0 Å². The van der Waals surface area contributed by atoms with Crippen molar-refractivity contribution in [1.29, 1.82) is 0 Å². The highest BCUT2D eigenvalue weighted by Crippen LogP contribution is 2.28. The van der Waals surface area contributed by atoms with Crippen molar-refractivity contribution in [3.8, 4) is 0 Å². The summed E-state index contributed by atoms with van der Waals surface area (Å²) in [5, 5.41) is 7.71. The van der Waals surface area contributed by atoms with Crippen LogP contribution >= 0.6 is 0 Å². The molecule has 34 heavy (non-hydrogen) atoms. The molecule has 6 rings (SSSR count). The van der Waals surface area contributed by atoms with Crippen LogP contribution in [-0.2, 0) is 18.9 Å². The number of urea groups is 1. The molecule has 4 atom stereocenters. The van der Waals surface area contributed by atoms with Crippen LogP contribution in [0.2, 0.25) is 0 Å². The van der Waals surface area contributed by atoms with Gasteiger partial charge in [-0.3, -0.25) is 0 Å². The molecule has 0 aliphatic carbocycles. The number of hydrogen-bond acceptors (Lipinski definition) is 7. The number of ether oxygens (including phenoxy) is 4. The monoisotopic (exact) mass is 466 g/mol. The summed E-state index contributed by atoms with van der Waals surface area (Å²) in [7, 11) is 0. The van der Waals surface area contributed by atoms with E-state index in [1.54, 1.807) is 10.0 Å². The molecule has 0 N–H and O–H groups in total. The van der Waals surface area contributed by atoms with E-state index in [1.807, 2.05) is 60.7 Å². The summed E-state index contributed by atoms with van der Waals surface area (Å²) in [6, 6.07) is 19.4. The molecule has 2 aromatic carbocycles. The first-order chi connectivity index (χ1) is 16.7. The maximum atomic E-state index is 14.5. The zero-order chi connectivity index (χ0) is 22.9. The molecule has 0 saturated carbocycles. The number of hydrazine groups is 2. The van der Waals surface area contributed by atoms with Crippen LogP contribution in [0.4, 0.5) is 16.2 Å². The van der Waals surface area contributed by atoms with Gasteiger partial charge in [0.1, 0.15) is 0 Å². The van der Waals surface area contributed by atoms with Crippen LogP contribution in [-0.4, -0.2) is 93.1 Å². The number of nitrogens with zero attached hydrogens (tertiary/aromatic N) is 4. The number of rotatable bonds is 12. The van der Waals surface area contributed by atoms with Gasteiger partial charge in [-0.15, -0.1) is 0 Å². The summed E-state index contributed by atoms with van der Waals surface area (Å²) in [6.45, 7) is 5.36. The smallest absolute Gasteiger partial charge is 0.358 e. The lowest BCUT2D eigenvalue weighted by Gasteiger charge is -2.41. The van der Waals surface area contributed by atoms with Gasteiger partial charge in [0.15, 0.2) is 0 Å². The third-order valence-electron chi connectivity index (χ3n) is 6.20. The Bertz CT molecular complexity index is 858. The van der Waals surface area contributed by atoms with Gasteiger partial charge in [-0.1, -0.05) is 36.4 Å². The van der Waals surface area contributed by atoms with E-state index in [0.717, 1.165) is 11.4 Å². The highest BCUT2D eigenvalue weighted by atomic mass is 16.6. The van der Waals surface area contributed by atoms with Crippen LogP contribution in [0.25, 0.3) is 0 Å². The average Bonchev–Trinajstić information content (AvgIpc) is 3.68. The number of benzene rings is 2. The van der Waals surface area contributed by atoms with Gasteiger partial charge < -0.3 is 18.9 Å². The zero-order valence-corrected chi connectivity index (χ0v) is 19.1. The van der Waals surface area contributed by atoms with Gasteiger partial charge in [0.25, 0.3) is 0 Å². The highest BCUT2D eigenvalue weighted by molar-refractivity contribution is 6.02. The molecule has 9 nitrogen and oxygen atoms in total. The third-order valence-corrected chi connectivity index (χ3v) is 6.20. The van der Waals surface area contributed by atoms with Gasteiger partial charge in [0, 0.05) is 26.2 Å². The second-order valence-corrected chi connectivity index (χ2v) is 9.14. The quantitative estimate of drug-likeness (QED) is 0.350. The highest BCUT2D eigenvalue weighted by Gasteiger charge is 2.41. The van der Waals surface area contributed by atoms with Gasteiger partial charge >= 0.3 is 6.03 Å². The summed E-state index contributed by atoms with van der Waals surface area (Å²) in [6.07, 6.45) is 0.495. The maximum Gasteiger partial charge on any atom is 0.358 e. The molecule has 0 spiro atoms. The number of para-hydroxylation sites is 2. The van der Waals surface area contributed by atoms with E-state index in [0.29, 0.717) is 52.6 Å². The van der Waals surface area contributed by atoms with Crippen molar-refractivity contribution in [2.24, 2.45) is 0 Å². The summed E-state index contributed by atoms with van der Waals surface area (Å²) >= 11 is 0. The number of carbonyl (C=O) groups excluding carboxylic acids is 1. The van der Waals surface area contributed by atoms with Crippen molar-refractivity contribution in [2.45, 2.75) is 24.4 Å². The van der Waals surface area contributed by atoms with Crippen molar-refractivity contribution < 1.29 is 23.7 Å². The molecule has 0 radical (unpaired) electrons. The molecule has 4 heterocycles. The molecule has 2 aromatic rings. The molecule has 180 valence electrons. The first-order valence-corrected chi connectivity index (χ1v) is 11.9. The third kappa shape index (κ3) is 5.57. The van der Waals surface area contributed by atoms with Gasteiger partial charge in [-0.25, -0.2) is 24.8 Å². The van der Waals surface area contributed by atoms with Crippen molar-refractivity contribution in [1.82, 2.24) is 10.0 Å². The number of epoxide rings is 4. The van der Waals surface area contributed by atoms with E-state index in [2.05, 4.69) is 10.0 Å². The second-order valence-electron chi connectivity index (χ2n) is 9.14. The van der Waals surface area contributed by atoms with Crippen LogP contribution in [0.15, 0.2) is 60.7 Å². The Hall–Kier alpha value is -2.53. The van der Waals surface area contributed by atoms with Crippen molar-refractivity contribution in [2.75, 3.05) is 62.6 Å². The minimum Gasteiger partial charge on any atom is -0.372 e. The van der Waals surface area contributed by atoms with E-state index < -0.39 is 0 Å². The second kappa shape index (κ2) is 9.61. The molecule has 0 aromatic heterocycles. The number of anilines is 2. The van der Waals surface area contributed by atoms with Crippen LogP contribution in [0.3, 0.4) is 0 Å². The Labute approximate surface area is 199 Å². The lowest BCUT2D eigenvalue weighted by molar-refractivity contribution is 0.167. The van der Waals surface area contributed by atoms with Crippen LogP contribution in [0, 0.1) is 0 Å². The normalized spacial score (nSPS) is 26.4. The number of hydrogen-bond donors (Lipinski definition) is 0. The fourth-order valence-corrected chi connectivity index (χ4v) is 4.13. The maximum absolute atomic E-state index is 14.5. The zero-order valence-electron chi connectivity index (χ0n) is 19.1. The van der Waals surface area contributed by atoms with Crippen LogP contribution in [0.5, 0.6) is 0 Å². The molecule has 4 aliphatic heterocycles. The lowest BCUT2D eigenvalue weighted by Crippen LogP contribution is -2.60. The van der Waals surface area contributed by atoms with E-state index in [-0.39, 0.29) is 30.4 Å². The molecule has 4 fully saturated rings. The fraction of sp³-hybridized carbons (Fsp3) is 0.480. The lowest BCUT2D eigenvalue weighted by atomic mass is 10.3. The van der Waals surface area contributed by atoms with E-state index in [1.165, 1.54) is 0 Å². The molecule has 4 unspecified atom stereocenters. The molecule has 4 aliphatic rings. The van der Waals surface area contributed by atoms with E-state index >= 15 is 0 Å². The summed E-state index contributed by atoms with van der Waals surface area (Å²) < 4.78 is 22.2. The molecule has 4 saturated heterocycles. The first kappa shape index (κ1) is 22.0. The van der Waals surface area contributed by atoms with Crippen molar-refractivity contribution >= 4 is 17.4 Å². The Kier molecular flexibility index (Phi) is 6.21. The SMILES string of the molecule is O=C(N(c1ccccc1)N(CC1CO1)CC1CO1)N(c1ccccc1)N(CC1CO1)CC1CO1. The summed E-state index contributed by atoms with van der Waals surface area (Å²) in [4.78, 5) is 14.5. The van der Waals surface area contributed by atoms with Gasteiger partial charge in [-0.05, 0) is 24.3 Å². The van der Waals surface area contributed by atoms with Crippen LogP contribution in [0.1, 0.15) is 0 Å². The minimum atomic E-state index is -0.153. The van der Waals surface area contributed by atoms with E-state index in [9.17, 15) is 4.79 Å². The standard InChI is InChI=1S/C25H30N4O5/c30-25(28(19-7-3-1-4-8-19)26(11-21-15-31-21)12-22-16-32-22)29(20-9-5-2-6-10-20)27(13-23-17-33-23)14-24-18-34-24/h1-10,21-24H,11-18H2. The Morgan fingerprint density at radius 3 is 1.15 bits per heavy atom. The largest absolute Gasteiger partial charge is 0.372 e. The minimum absolute atomic E-state index is 0.124. The number of amides is 2. The fourth-order valence-electron chi connectivity index (χ4n) is 4.13. The Morgan fingerprint density at radius 1 is 0.588 bits per heavy atom. The van der Waals surface area contributed by atoms with Crippen LogP contribution < -0.4 is 10.0 Å². The molecular weight excluding hydrogens is 436 g/mol.